The number of aromatic amines is 1. The zero-order valence-corrected chi connectivity index (χ0v) is 15.6. The highest BCUT2D eigenvalue weighted by molar-refractivity contribution is 6.22. The molecule has 0 bridgehead atoms. The highest BCUT2D eigenvalue weighted by atomic mass is 16.1. The molecule has 2 heteroatoms. The van der Waals surface area contributed by atoms with Crippen molar-refractivity contribution in [2.45, 2.75) is 11.8 Å². The van der Waals surface area contributed by atoms with Gasteiger partial charge in [-0.1, -0.05) is 78.9 Å². The number of carbonyl (C=O) groups excluding carboxylic acids is 1. The van der Waals surface area contributed by atoms with E-state index in [0.717, 1.165) is 16.6 Å². The molecule has 0 saturated heterocycles. The molecule has 3 aromatic carbocycles. The number of benzene rings is 3. The molecule has 1 heterocycles. The number of carbonyl (C=O) groups is 1. The molecular weight excluding hydrogens is 354 g/mol. The molecule has 1 N–H and O–H groups in total. The van der Waals surface area contributed by atoms with E-state index in [4.69, 9.17) is 0 Å². The number of ketones is 1. The first-order chi connectivity index (χ1) is 14.3. The Labute approximate surface area is 167 Å². The monoisotopic (exact) mass is 371 g/mol. The minimum atomic E-state index is -0.232. The summed E-state index contributed by atoms with van der Waals surface area (Å²) >= 11 is 0. The van der Waals surface area contributed by atoms with Gasteiger partial charge in [0.1, 0.15) is 0 Å². The standard InChI is InChI=1S/C27H17NO/c29-27-20-12-6-4-10-18(20)22-17-9-3-5-11-19(17)26-24(25(22)27)23-16-8-2-1-7-15(16)13-14-21(23)28-26/h1-14,19,25,28H. The van der Waals surface area contributed by atoms with E-state index in [2.05, 4.69) is 71.8 Å². The van der Waals surface area contributed by atoms with Crippen molar-refractivity contribution in [3.8, 4) is 0 Å². The van der Waals surface area contributed by atoms with Gasteiger partial charge < -0.3 is 4.98 Å². The number of rotatable bonds is 0. The topological polar surface area (TPSA) is 32.9 Å². The normalized spacial score (nSPS) is 21.4. The van der Waals surface area contributed by atoms with Crippen molar-refractivity contribution >= 4 is 33.0 Å². The fourth-order valence-electron chi connectivity index (χ4n) is 5.58. The largest absolute Gasteiger partial charge is 0.357 e. The first-order valence-corrected chi connectivity index (χ1v) is 10.1. The number of aromatic nitrogens is 1. The third-order valence-electron chi connectivity index (χ3n) is 6.73. The summed E-state index contributed by atoms with van der Waals surface area (Å²) < 4.78 is 0. The lowest BCUT2D eigenvalue weighted by atomic mass is 9.73. The predicted molar refractivity (Wildman–Crippen MR) is 117 cm³/mol. The molecule has 1 aromatic heterocycles. The van der Waals surface area contributed by atoms with E-state index in [1.165, 1.54) is 38.6 Å². The van der Waals surface area contributed by atoms with Crippen molar-refractivity contribution < 1.29 is 4.79 Å². The highest BCUT2D eigenvalue weighted by Gasteiger charge is 2.45. The minimum Gasteiger partial charge on any atom is -0.357 e. The number of nitrogens with one attached hydrogen (secondary N) is 1. The van der Waals surface area contributed by atoms with Crippen molar-refractivity contribution in [1.82, 2.24) is 4.98 Å². The average Bonchev–Trinajstić information content (AvgIpc) is 3.31. The number of allylic oxidation sites excluding steroid dienone is 6. The van der Waals surface area contributed by atoms with Gasteiger partial charge in [-0.2, -0.15) is 0 Å². The summed E-state index contributed by atoms with van der Waals surface area (Å²) in [5.74, 6) is 0.148. The fourth-order valence-corrected chi connectivity index (χ4v) is 5.58. The Kier molecular flexibility index (Phi) is 2.76. The number of fused-ring (bicyclic) bond motifs is 11. The predicted octanol–water partition coefficient (Wildman–Crippen LogP) is 6.28. The van der Waals surface area contributed by atoms with Gasteiger partial charge in [-0.15, -0.1) is 0 Å². The van der Waals surface area contributed by atoms with Gasteiger partial charge in [0.05, 0.1) is 5.92 Å². The molecule has 29 heavy (non-hydrogen) atoms. The van der Waals surface area contributed by atoms with Crippen LogP contribution >= 0.6 is 0 Å². The number of hydrogen-bond acceptors (Lipinski definition) is 1. The molecule has 0 aliphatic heterocycles. The van der Waals surface area contributed by atoms with Crippen molar-refractivity contribution in [2.75, 3.05) is 0 Å². The van der Waals surface area contributed by atoms with Crippen molar-refractivity contribution in [2.24, 2.45) is 0 Å². The number of Topliss-reactive ketones (excluding diaryl/α,β-unsaturated/α-hetero) is 1. The van der Waals surface area contributed by atoms with Gasteiger partial charge in [0, 0.05) is 28.1 Å². The van der Waals surface area contributed by atoms with Crippen LogP contribution in [-0.2, 0) is 0 Å². The lowest BCUT2D eigenvalue weighted by Crippen LogP contribution is -2.18. The summed E-state index contributed by atoms with van der Waals surface area (Å²) in [4.78, 5) is 17.4. The maximum atomic E-state index is 13.7. The Balaban J connectivity index is 1.67. The first-order valence-electron chi connectivity index (χ1n) is 10.1. The van der Waals surface area contributed by atoms with Gasteiger partial charge in [-0.25, -0.2) is 0 Å². The zero-order chi connectivity index (χ0) is 19.1. The third-order valence-corrected chi connectivity index (χ3v) is 6.73. The van der Waals surface area contributed by atoms with Gasteiger partial charge in [0.2, 0.25) is 0 Å². The van der Waals surface area contributed by atoms with Gasteiger partial charge in [-0.05, 0) is 39.1 Å². The van der Waals surface area contributed by atoms with Crippen LogP contribution in [0, 0.1) is 0 Å². The van der Waals surface area contributed by atoms with E-state index in [9.17, 15) is 4.79 Å². The van der Waals surface area contributed by atoms with Crippen LogP contribution < -0.4 is 0 Å². The molecular formula is C27H17NO. The molecule has 2 unspecified atom stereocenters. The van der Waals surface area contributed by atoms with E-state index in [1.54, 1.807) is 0 Å². The molecule has 0 spiro atoms. The fraction of sp³-hybridized carbons (Fsp3) is 0.0741. The molecule has 3 aliphatic rings. The maximum absolute atomic E-state index is 13.7. The maximum Gasteiger partial charge on any atom is 0.175 e. The molecule has 7 rings (SSSR count). The van der Waals surface area contributed by atoms with Crippen LogP contribution in [0.2, 0.25) is 0 Å². The Bertz CT molecular complexity index is 1480. The second kappa shape index (κ2) is 5.24. The number of H-pyrrole nitrogens is 1. The van der Waals surface area contributed by atoms with E-state index < -0.39 is 0 Å². The van der Waals surface area contributed by atoms with Gasteiger partial charge in [0.25, 0.3) is 0 Å². The molecule has 2 atom stereocenters. The second-order valence-electron chi connectivity index (χ2n) is 8.10. The molecule has 0 amide bonds. The van der Waals surface area contributed by atoms with Crippen molar-refractivity contribution in [1.29, 1.82) is 0 Å². The molecule has 2 nitrogen and oxygen atoms in total. The Hall–Kier alpha value is -3.65. The smallest absolute Gasteiger partial charge is 0.175 e. The van der Waals surface area contributed by atoms with E-state index in [0.29, 0.717) is 0 Å². The molecule has 136 valence electrons. The van der Waals surface area contributed by atoms with Crippen LogP contribution in [0.25, 0.3) is 27.2 Å². The third kappa shape index (κ3) is 1.79. The van der Waals surface area contributed by atoms with Crippen LogP contribution in [-0.4, -0.2) is 10.8 Å². The van der Waals surface area contributed by atoms with Crippen LogP contribution in [0.5, 0.6) is 0 Å². The van der Waals surface area contributed by atoms with Gasteiger partial charge >= 0.3 is 0 Å². The molecule has 4 aromatic rings. The Morgan fingerprint density at radius 2 is 1.66 bits per heavy atom. The van der Waals surface area contributed by atoms with Crippen LogP contribution in [0.1, 0.15) is 39.0 Å². The lowest BCUT2D eigenvalue weighted by molar-refractivity contribution is 0.0986. The Morgan fingerprint density at radius 1 is 0.828 bits per heavy atom. The van der Waals surface area contributed by atoms with E-state index >= 15 is 0 Å². The van der Waals surface area contributed by atoms with Crippen LogP contribution in [0.3, 0.4) is 0 Å². The second-order valence-corrected chi connectivity index (χ2v) is 8.10. The number of hydrogen-bond donors (Lipinski definition) is 1. The molecule has 0 saturated carbocycles. The summed E-state index contributed by atoms with van der Waals surface area (Å²) in [6.45, 7) is 0. The summed E-state index contributed by atoms with van der Waals surface area (Å²) in [7, 11) is 0. The zero-order valence-electron chi connectivity index (χ0n) is 15.6. The van der Waals surface area contributed by atoms with Crippen LogP contribution in [0.15, 0.2) is 90.5 Å². The van der Waals surface area contributed by atoms with E-state index in [-0.39, 0.29) is 17.6 Å². The quantitative estimate of drug-likeness (QED) is 0.388. The van der Waals surface area contributed by atoms with Crippen molar-refractivity contribution in [3.05, 3.63) is 113 Å². The van der Waals surface area contributed by atoms with E-state index in [1.807, 2.05) is 18.2 Å². The SMILES string of the molecule is O=C1c2ccccc2C2=C3C=CC=CC3c3[nH]c4ccc5ccccc5c4c3C12. The minimum absolute atomic E-state index is 0.159. The molecule has 0 radical (unpaired) electrons. The summed E-state index contributed by atoms with van der Waals surface area (Å²) in [6, 6.07) is 20.9. The van der Waals surface area contributed by atoms with Crippen molar-refractivity contribution in [3.63, 3.8) is 0 Å². The van der Waals surface area contributed by atoms with Gasteiger partial charge in [0.15, 0.2) is 5.78 Å². The Morgan fingerprint density at radius 3 is 2.59 bits per heavy atom. The average molecular weight is 371 g/mol. The van der Waals surface area contributed by atoms with Gasteiger partial charge in [-0.3, -0.25) is 4.79 Å². The molecule has 0 fully saturated rings. The summed E-state index contributed by atoms with van der Waals surface area (Å²) in [5, 5.41) is 3.62. The summed E-state index contributed by atoms with van der Waals surface area (Å²) in [5.41, 5.74) is 7.84. The first kappa shape index (κ1) is 15.3. The lowest BCUT2D eigenvalue weighted by Gasteiger charge is -2.29. The molecule has 3 aliphatic carbocycles. The van der Waals surface area contributed by atoms with Crippen LogP contribution in [0.4, 0.5) is 0 Å². The highest BCUT2D eigenvalue weighted by Crippen LogP contribution is 2.56. The summed E-state index contributed by atoms with van der Waals surface area (Å²) in [6.07, 6.45) is 8.64.